The number of fused-ring (bicyclic) bond motifs is 1. The van der Waals surface area contributed by atoms with Crippen LogP contribution in [0, 0.1) is 13.8 Å². The standard InChI is InChI=1S/C23H20BrN3O2S/c1-14-9-18-20(10-15(14)2)27(13-22(28)25-17-6-3-5-16(24)11-17)23(29)12-19(26-18)21-7-4-8-30-21/h3-11H,12-13H2,1-2H3,(H,25,28). The topological polar surface area (TPSA) is 61.8 Å². The van der Waals surface area contributed by atoms with Crippen LogP contribution >= 0.6 is 27.3 Å². The number of benzene rings is 2. The van der Waals surface area contributed by atoms with Crippen molar-refractivity contribution in [2.45, 2.75) is 20.3 Å². The monoisotopic (exact) mass is 481 g/mol. The largest absolute Gasteiger partial charge is 0.324 e. The summed E-state index contributed by atoms with van der Waals surface area (Å²) in [5.74, 6) is -0.404. The molecule has 2 aromatic carbocycles. The fraction of sp³-hybridized carbons (Fsp3) is 0.174. The third-order valence-electron chi connectivity index (χ3n) is 4.97. The van der Waals surface area contributed by atoms with Gasteiger partial charge >= 0.3 is 0 Å². The van der Waals surface area contributed by atoms with E-state index in [9.17, 15) is 9.59 Å². The lowest BCUT2D eigenvalue weighted by Gasteiger charge is -2.23. The molecule has 0 saturated heterocycles. The van der Waals surface area contributed by atoms with Gasteiger partial charge in [-0.3, -0.25) is 9.59 Å². The Kier molecular flexibility index (Phi) is 5.83. The second kappa shape index (κ2) is 8.53. The van der Waals surface area contributed by atoms with E-state index in [4.69, 9.17) is 4.99 Å². The molecule has 0 spiro atoms. The van der Waals surface area contributed by atoms with Gasteiger partial charge in [-0.15, -0.1) is 11.3 Å². The Labute approximate surface area is 187 Å². The molecule has 2 heterocycles. The van der Waals surface area contributed by atoms with Gasteiger partial charge < -0.3 is 10.2 Å². The minimum Gasteiger partial charge on any atom is -0.324 e. The molecule has 2 amide bonds. The van der Waals surface area contributed by atoms with Crippen LogP contribution < -0.4 is 10.2 Å². The SMILES string of the molecule is Cc1cc2c(cc1C)N(CC(=O)Nc1cccc(Br)c1)C(=O)CC(c1cccs1)=N2. The summed E-state index contributed by atoms with van der Waals surface area (Å²) in [6, 6.07) is 15.2. The first kappa shape index (κ1) is 20.5. The number of carbonyl (C=O) groups is 2. The third kappa shape index (κ3) is 4.37. The van der Waals surface area contributed by atoms with Gasteiger partial charge in [0.05, 0.1) is 23.5 Å². The van der Waals surface area contributed by atoms with E-state index in [0.29, 0.717) is 17.1 Å². The quantitative estimate of drug-likeness (QED) is 0.525. The van der Waals surface area contributed by atoms with Crippen molar-refractivity contribution in [1.29, 1.82) is 0 Å². The van der Waals surface area contributed by atoms with Crippen molar-refractivity contribution in [1.82, 2.24) is 0 Å². The van der Waals surface area contributed by atoms with Crippen LogP contribution in [0.2, 0.25) is 0 Å². The number of aliphatic imine (C=N–C) groups is 1. The van der Waals surface area contributed by atoms with E-state index in [1.165, 1.54) is 0 Å². The smallest absolute Gasteiger partial charge is 0.244 e. The molecule has 1 aliphatic rings. The minimum atomic E-state index is -0.259. The van der Waals surface area contributed by atoms with Crippen LogP contribution in [0.4, 0.5) is 17.1 Å². The normalized spacial score (nSPS) is 13.5. The van der Waals surface area contributed by atoms with Crippen molar-refractivity contribution in [3.63, 3.8) is 0 Å². The molecule has 1 aliphatic heterocycles. The van der Waals surface area contributed by atoms with Gasteiger partial charge in [0.2, 0.25) is 11.8 Å². The number of rotatable bonds is 4. The highest BCUT2D eigenvalue weighted by Gasteiger charge is 2.27. The molecule has 0 saturated carbocycles. The van der Waals surface area contributed by atoms with Gasteiger partial charge in [0.1, 0.15) is 6.54 Å². The molecule has 1 N–H and O–H groups in total. The lowest BCUT2D eigenvalue weighted by atomic mass is 10.1. The zero-order valence-corrected chi connectivity index (χ0v) is 19.0. The Morgan fingerprint density at radius 1 is 1.17 bits per heavy atom. The number of thiophene rings is 1. The lowest BCUT2D eigenvalue weighted by Crippen LogP contribution is -2.38. The van der Waals surface area contributed by atoms with Crippen molar-refractivity contribution in [3.8, 4) is 0 Å². The van der Waals surface area contributed by atoms with Crippen molar-refractivity contribution in [2.75, 3.05) is 16.8 Å². The number of nitrogens with one attached hydrogen (secondary N) is 1. The van der Waals surface area contributed by atoms with Crippen LogP contribution in [0.5, 0.6) is 0 Å². The second-order valence-corrected chi connectivity index (χ2v) is 9.04. The van der Waals surface area contributed by atoms with Crippen LogP contribution in [-0.4, -0.2) is 24.1 Å². The van der Waals surface area contributed by atoms with E-state index in [1.807, 2.05) is 67.8 Å². The van der Waals surface area contributed by atoms with Crippen LogP contribution in [-0.2, 0) is 9.59 Å². The number of amides is 2. The van der Waals surface area contributed by atoms with E-state index in [1.54, 1.807) is 16.2 Å². The summed E-state index contributed by atoms with van der Waals surface area (Å²) >= 11 is 4.96. The van der Waals surface area contributed by atoms with Gasteiger partial charge in [-0.1, -0.05) is 28.1 Å². The van der Waals surface area contributed by atoms with E-state index in [2.05, 4.69) is 21.2 Å². The molecule has 5 nitrogen and oxygen atoms in total. The molecule has 1 aromatic heterocycles. The molecular formula is C23H20BrN3O2S. The highest BCUT2D eigenvalue weighted by molar-refractivity contribution is 9.10. The predicted molar refractivity (Wildman–Crippen MR) is 126 cm³/mol. The summed E-state index contributed by atoms with van der Waals surface area (Å²) in [4.78, 5) is 33.3. The zero-order valence-electron chi connectivity index (χ0n) is 16.6. The number of anilines is 2. The molecule has 30 heavy (non-hydrogen) atoms. The summed E-state index contributed by atoms with van der Waals surface area (Å²) < 4.78 is 0.872. The van der Waals surface area contributed by atoms with Crippen LogP contribution in [0.1, 0.15) is 22.4 Å². The maximum absolute atomic E-state index is 13.2. The number of nitrogens with zero attached hydrogens (tertiary/aromatic N) is 2. The highest BCUT2D eigenvalue weighted by Crippen LogP contribution is 2.36. The summed E-state index contributed by atoms with van der Waals surface area (Å²) in [7, 11) is 0. The molecule has 0 bridgehead atoms. The Bertz CT molecular complexity index is 1160. The van der Waals surface area contributed by atoms with Crippen LogP contribution in [0.15, 0.2) is 63.4 Å². The summed E-state index contributed by atoms with van der Waals surface area (Å²) in [6.07, 6.45) is 0.150. The molecule has 3 aromatic rings. The number of hydrogen-bond acceptors (Lipinski definition) is 4. The number of halogens is 1. The molecule has 0 aliphatic carbocycles. The average Bonchev–Trinajstić information content (AvgIpc) is 3.19. The molecular weight excluding hydrogens is 462 g/mol. The summed E-state index contributed by atoms with van der Waals surface area (Å²) in [6.45, 7) is 3.94. The first-order chi connectivity index (χ1) is 14.4. The fourth-order valence-corrected chi connectivity index (χ4v) is 4.43. The molecule has 0 unspecified atom stereocenters. The van der Waals surface area contributed by atoms with Crippen molar-refractivity contribution in [2.24, 2.45) is 4.99 Å². The van der Waals surface area contributed by atoms with E-state index in [0.717, 1.165) is 26.2 Å². The molecule has 0 fully saturated rings. The van der Waals surface area contributed by atoms with Crippen molar-refractivity contribution in [3.05, 3.63) is 74.4 Å². The summed E-state index contributed by atoms with van der Waals surface area (Å²) in [5, 5.41) is 4.84. The van der Waals surface area contributed by atoms with Gasteiger partial charge in [-0.2, -0.15) is 0 Å². The molecule has 152 valence electrons. The van der Waals surface area contributed by atoms with Crippen molar-refractivity contribution >= 4 is 61.9 Å². The van der Waals surface area contributed by atoms with E-state index >= 15 is 0 Å². The maximum Gasteiger partial charge on any atom is 0.244 e. The zero-order chi connectivity index (χ0) is 21.3. The predicted octanol–water partition coefficient (Wildman–Crippen LogP) is 5.62. The fourth-order valence-electron chi connectivity index (χ4n) is 3.32. The van der Waals surface area contributed by atoms with E-state index in [-0.39, 0.29) is 24.8 Å². The Morgan fingerprint density at radius 2 is 1.97 bits per heavy atom. The van der Waals surface area contributed by atoms with Crippen LogP contribution in [0.25, 0.3) is 0 Å². The number of aryl methyl sites for hydroxylation is 2. The first-order valence-corrected chi connectivity index (χ1v) is 11.2. The van der Waals surface area contributed by atoms with Gasteiger partial charge in [0, 0.05) is 15.0 Å². The van der Waals surface area contributed by atoms with Crippen LogP contribution in [0.3, 0.4) is 0 Å². The Morgan fingerprint density at radius 3 is 2.70 bits per heavy atom. The molecule has 0 atom stereocenters. The van der Waals surface area contributed by atoms with Gasteiger partial charge in [-0.05, 0) is 66.8 Å². The first-order valence-electron chi connectivity index (χ1n) is 9.49. The lowest BCUT2D eigenvalue weighted by molar-refractivity contribution is -0.120. The third-order valence-corrected chi connectivity index (χ3v) is 6.38. The van der Waals surface area contributed by atoms with Gasteiger partial charge in [0.15, 0.2) is 0 Å². The summed E-state index contributed by atoms with van der Waals surface area (Å²) in [5.41, 5.74) is 4.92. The van der Waals surface area contributed by atoms with Crippen molar-refractivity contribution < 1.29 is 9.59 Å². The van der Waals surface area contributed by atoms with E-state index < -0.39 is 0 Å². The maximum atomic E-state index is 13.2. The second-order valence-electron chi connectivity index (χ2n) is 7.18. The van der Waals surface area contributed by atoms with Gasteiger partial charge in [-0.25, -0.2) is 4.99 Å². The Hall–Kier alpha value is -2.77. The Balaban J connectivity index is 1.67. The number of hydrogen-bond donors (Lipinski definition) is 1. The minimum absolute atomic E-state index is 0.0753. The number of carbonyl (C=O) groups excluding carboxylic acids is 2. The molecule has 0 radical (unpaired) electrons. The molecule has 4 rings (SSSR count). The molecule has 7 heteroatoms. The highest BCUT2D eigenvalue weighted by atomic mass is 79.9. The van der Waals surface area contributed by atoms with Gasteiger partial charge in [0.25, 0.3) is 0 Å². The average molecular weight is 482 g/mol.